The Bertz CT molecular complexity index is 612. The van der Waals surface area contributed by atoms with Gasteiger partial charge in [-0.1, -0.05) is 0 Å². The highest BCUT2D eigenvalue weighted by Crippen LogP contribution is 2.25. The van der Waals surface area contributed by atoms with Crippen LogP contribution in [0.2, 0.25) is 0 Å². The second kappa shape index (κ2) is 5.52. The second-order valence-corrected chi connectivity index (χ2v) is 5.51. The Morgan fingerprint density at radius 3 is 2.74 bits per heavy atom. The second-order valence-electron chi connectivity index (χ2n) is 4.10. The number of aryl methyl sites for hydroxylation is 1. The van der Waals surface area contributed by atoms with Crippen molar-refractivity contribution >= 4 is 17.5 Å². The summed E-state index contributed by atoms with van der Waals surface area (Å²) in [6.45, 7) is 1.68. The van der Waals surface area contributed by atoms with Gasteiger partial charge in [-0.05, 0) is 19.1 Å². The largest absolute Gasteiger partial charge is 0.293 e. The van der Waals surface area contributed by atoms with Crippen molar-refractivity contribution in [1.82, 2.24) is 9.78 Å². The van der Waals surface area contributed by atoms with Gasteiger partial charge in [0, 0.05) is 24.2 Å². The number of ketones is 1. The molecule has 1 atom stereocenters. The van der Waals surface area contributed by atoms with E-state index in [1.807, 2.05) is 0 Å². The zero-order valence-electron chi connectivity index (χ0n) is 10.4. The van der Waals surface area contributed by atoms with E-state index in [4.69, 9.17) is 0 Å². The molecule has 0 aliphatic rings. The summed E-state index contributed by atoms with van der Waals surface area (Å²) in [5.74, 6) is -1.89. The SMILES string of the molecule is CC(Sc1cnn(C)c1)C(=O)c1ccc(F)cc1F. The molecule has 2 aromatic rings. The Hall–Kier alpha value is -1.69. The van der Waals surface area contributed by atoms with E-state index >= 15 is 0 Å². The van der Waals surface area contributed by atoms with Crippen LogP contribution < -0.4 is 0 Å². The minimum absolute atomic E-state index is 0.0923. The minimum atomic E-state index is -0.830. The molecule has 3 nitrogen and oxygen atoms in total. The first-order valence-electron chi connectivity index (χ1n) is 5.62. The van der Waals surface area contributed by atoms with Gasteiger partial charge in [-0.3, -0.25) is 9.48 Å². The smallest absolute Gasteiger partial charge is 0.178 e. The molecule has 0 saturated carbocycles. The third kappa shape index (κ3) is 3.20. The van der Waals surface area contributed by atoms with E-state index in [2.05, 4.69) is 5.10 Å². The fraction of sp³-hybridized carbons (Fsp3) is 0.231. The quantitative estimate of drug-likeness (QED) is 0.638. The predicted molar refractivity (Wildman–Crippen MR) is 69.2 cm³/mol. The minimum Gasteiger partial charge on any atom is -0.293 e. The van der Waals surface area contributed by atoms with Crippen LogP contribution in [0.25, 0.3) is 0 Å². The van der Waals surface area contributed by atoms with Crippen molar-refractivity contribution in [3.8, 4) is 0 Å². The summed E-state index contributed by atoms with van der Waals surface area (Å²) in [5, 5.41) is 3.52. The Labute approximate surface area is 113 Å². The van der Waals surface area contributed by atoms with Crippen molar-refractivity contribution in [2.45, 2.75) is 17.1 Å². The molecule has 100 valence electrons. The molecule has 0 spiro atoms. The standard InChI is InChI=1S/C13H12F2N2OS/c1-8(19-10-6-16-17(2)7-10)13(18)11-4-3-9(14)5-12(11)15/h3-8H,1-2H3. The molecular weight excluding hydrogens is 270 g/mol. The van der Waals surface area contributed by atoms with Crippen LogP contribution >= 0.6 is 11.8 Å². The lowest BCUT2D eigenvalue weighted by atomic mass is 10.1. The molecule has 1 aromatic carbocycles. The Morgan fingerprint density at radius 2 is 2.16 bits per heavy atom. The number of carbonyl (C=O) groups is 1. The number of nitrogens with zero attached hydrogens (tertiary/aromatic N) is 2. The summed E-state index contributed by atoms with van der Waals surface area (Å²) in [4.78, 5) is 12.9. The van der Waals surface area contributed by atoms with E-state index in [9.17, 15) is 13.6 Å². The van der Waals surface area contributed by atoms with Gasteiger partial charge in [0.25, 0.3) is 0 Å². The molecule has 6 heteroatoms. The van der Waals surface area contributed by atoms with E-state index in [1.54, 1.807) is 31.0 Å². The van der Waals surface area contributed by atoms with Crippen LogP contribution in [-0.2, 0) is 7.05 Å². The molecule has 2 rings (SSSR count). The van der Waals surface area contributed by atoms with Gasteiger partial charge in [0.05, 0.1) is 17.0 Å². The molecule has 0 aliphatic heterocycles. The van der Waals surface area contributed by atoms with Crippen LogP contribution in [0.1, 0.15) is 17.3 Å². The number of hydrogen-bond acceptors (Lipinski definition) is 3. The Kier molecular flexibility index (Phi) is 3.99. The van der Waals surface area contributed by atoms with Crippen molar-refractivity contribution in [1.29, 1.82) is 0 Å². The van der Waals surface area contributed by atoms with Crippen LogP contribution in [0.3, 0.4) is 0 Å². The van der Waals surface area contributed by atoms with Gasteiger partial charge >= 0.3 is 0 Å². The first-order chi connectivity index (χ1) is 8.97. The zero-order valence-corrected chi connectivity index (χ0v) is 11.2. The van der Waals surface area contributed by atoms with Crippen molar-refractivity contribution in [3.05, 3.63) is 47.8 Å². The van der Waals surface area contributed by atoms with Gasteiger partial charge in [-0.2, -0.15) is 5.10 Å². The lowest BCUT2D eigenvalue weighted by Gasteiger charge is -2.09. The fourth-order valence-corrected chi connectivity index (χ4v) is 2.59. The van der Waals surface area contributed by atoms with E-state index in [0.717, 1.165) is 11.0 Å². The van der Waals surface area contributed by atoms with Crippen molar-refractivity contribution in [3.63, 3.8) is 0 Å². The summed E-state index contributed by atoms with van der Waals surface area (Å²) in [6.07, 6.45) is 3.41. The van der Waals surface area contributed by atoms with Crippen LogP contribution in [0, 0.1) is 11.6 Å². The average Bonchev–Trinajstić information content (AvgIpc) is 2.74. The zero-order chi connectivity index (χ0) is 14.0. The molecule has 19 heavy (non-hydrogen) atoms. The number of benzene rings is 1. The van der Waals surface area contributed by atoms with Gasteiger partial charge in [0.2, 0.25) is 0 Å². The molecule has 0 N–H and O–H groups in total. The molecule has 1 aromatic heterocycles. The molecule has 0 fully saturated rings. The number of thioether (sulfide) groups is 1. The highest BCUT2D eigenvalue weighted by molar-refractivity contribution is 8.00. The maximum absolute atomic E-state index is 13.5. The average molecular weight is 282 g/mol. The van der Waals surface area contributed by atoms with Crippen molar-refractivity contribution < 1.29 is 13.6 Å². The first-order valence-corrected chi connectivity index (χ1v) is 6.50. The van der Waals surface area contributed by atoms with E-state index in [-0.39, 0.29) is 11.3 Å². The van der Waals surface area contributed by atoms with E-state index in [0.29, 0.717) is 6.07 Å². The number of rotatable bonds is 4. The van der Waals surface area contributed by atoms with Gasteiger partial charge in [-0.15, -0.1) is 11.8 Å². The number of Topliss-reactive ketones (excluding diaryl/α,β-unsaturated/α-hetero) is 1. The number of carbonyl (C=O) groups excluding carboxylic acids is 1. The third-order valence-corrected chi connectivity index (χ3v) is 3.61. The normalized spacial score (nSPS) is 12.4. The molecule has 0 aliphatic carbocycles. The number of aromatic nitrogens is 2. The van der Waals surface area contributed by atoms with Crippen LogP contribution in [-0.4, -0.2) is 20.8 Å². The maximum atomic E-state index is 13.5. The van der Waals surface area contributed by atoms with Crippen molar-refractivity contribution in [2.75, 3.05) is 0 Å². The molecule has 0 bridgehead atoms. The summed E-state index contributed by atoms with van der Waals surface area (Å²) >= 11 is 1.29. The van der Waals surface area contributed by atoms with E-state index in [1.165, 1.54) is 17.8 Å². The van der Waals surface area contributed by atoms with Gasteiger partial charge in [0.1, 0.15) is 11.6 Å². The van der Waals surface area contributed by atoms with Crippen LogP contribution in [0.15, 0.2) is 35.5 Å². The lowest BCUT2D eigenvalue weighted by molar-refractivity contribution is 0.0990. The lowest BCUT2D eigenvalue weighted by Crippen LogP contribution is -2.15. The third-order valence-electron chi connectivity index (χ3n) is 2.56. The highest BCUT2D eigenvalue weighted by Gasteiger charge is 2.20. The topological polar surface area (TPSA) is 34.9 Å². The molecular formula is C13H12F2N2OS. The number of hydrogen-bond donors (Lipinski definition) is 0. The summed E-state index contributed by atoms with van der Waals surface area (Å²) in [5.41, 5.74) is -0.0923. The summed E-state index contributed by atoms with van der Waals surface area (Å²) in [7, 11) is 1.77. The van der Waals surface area contributed by atoms with Gasteiger partial charge in [0.15, 0.2) is 5.78 Å². The Balaban J connectivity index is 2.14. The highest BCUT2D eigenvalue weighted by atomic mass is 32.2. The predicted octanol–water partition coefficient (Wildman–Crippen LogP) is 3.06. The molecule has 0 amide bonds. The monoisotopic (exact) mass is 282 g/mol. The molecule has 1 heterocycles. The fourth-order valence-electron chi connectivity index (χ4n) is 1.63. The van der Waals surface area contributed by atoms with Crippen LogP contribution in [0.4, 0.5) is 8.78 Å². The Morgan fingerprint density at radius 1 is 1.42 bits per heavy atom. The molecule has 1 unspecified atom stereocenters. The number of halogens is 2. The van der Waals surface area contributed by atoms with Gasteiger partial charge < -0.3 is 0 Å². The summed E-state index contributed by atoms with van der Waals surface area (Å²) in [6, 6.07) is 2.97. The van der Waals surface area contributed by atoms with Crippen molar-refractivity contribution in [2.24, 2.45) is 7.05 Å². The maximum Gasteiger partial charge on any atom is 0.178 e. The molecule has 0 saturated heterocycles. The van der Waals surface area contributed by atoms with Crippen LogP contribution in [0.5, 0.6) is 0 Å². The first kappa shape index (κ1) is 13.7. The molecule has 0 radical (unpaired) electrons. The van der Waals surface area contributed by atoms with Gasteiger partial charge in [-0.25, -0.2) is 8.78 Å². The van der Waals surface area contributed by atoms with E-state index < -0.39 is 16.9 Å². The summed E-state index contributed by atoms with van der Waals surface area (Å²) < 4.78 is 27.9.